The van der Waals surface area contributed by atoms with Crippen LogP contribution in [0.5, 0.6) is 0 Å². The number of nitrogens with zero attached hydrogens (tertiary/aromatic N) is 1. The standard InChI is InChI=1S/C19H17ClN4O.ClH/c20-14-9-5-4-8-12(14)15-13(10-21)18(22)25-19-16(15)17(23-24-19)11-6-2-1-3-7-11;/h1-9,15-17,19,23-24H,22H2;1H. The quantitative estimate of drug-likeness (QED) is 0.734. The number of nitrogens with two attached hydrogens (primary N) is 1. The van der Waals surface area contributed by atoms with Gasteiger partial charge in [-0.05, 0) is 17.2 Å². The molecule has 2 aliphatic rings. The predicted molar refractivity (Wildman–Crippen MR) is 102 cm³/mol. The van der Waals surface area contributed by atoms with Crippen molar-refractivity contribution in [2.24, 2.45) is 11.7 Å². The first-order valence-corrected chi connectivity index (χ1v) is 8.45. The number of nitrogens with one attached hydrogen (secondary N) is 2. The predicted octanol–water partition coefficient (Wildman–Crippen LogP) is 3.36. The third-order valence-corrected chi connectivity index (χ3v) is 5.19. The van der Waals surface area contributed by atoms with Crippen molar-refractivity contribution in [3.05, 3.63) is 82.2 Å². The number of fused-ring (bicyclic) bond motifs is 1. The monoisotopic (exact) mass is 388 g/mol. The van der Waals surface area contributed by atoms with Gasteiger partial charge >= 0.3 is 0 Å². The van der Waals surface area contributed by atoms with Crippen LogP contribution in [0, 0.1) is 17.2 Å². The van der Waals surface area contributed by atoms with E-state index in [0.717, 1.165) is 11.1 Å². The third kappa shape index (κ3) is 3.02. The van der Waals surface area contributed by atoms with E-state index >= 15 is 0 Å². The van der Waals surface area contributed by atoms with E-state index in [2.05, 4.69) is 29.1 Å². The van der Waals surface area contributed by atoms with E-state index in [9.17, 15) is 5.26 Å². The van der Waals surface area contributed by atoms with Crippen LogP contribution in [0.4, 0.5) is 0 Å². The van der Waals surface area contributed by atoms with E-state index in [-0.39, 0.29) is 42.4 Å². The number of rotatable bonds is 2. The lowest BCUT2D eigenvalue weighted by atomic mass is 9.74. The summed E-state index contributed by atoms with van der Waals surface area (Å²) >= 11 is 6.46. The minimum Gasteiger partial charge on any atom is -0.458 e. The summed E-state index contributed by atoms with van der Waals surface area (Å²) in [6.45, 7) is 0. The molecule has 0 aromatic heterocycles. The molecule has 7 heteroatoms. The fourth-order valence-corrected chi connectivity index (χ4v) is 3.99. The average molecular weight is 389 g/mol. The molecule has 1 fully saturated rings. The lowest BCUT2D eigenvalue weighted by Crippen LogP contribution is -2.41. The van der Waals surface area contributed by atoms with E-state index in [1.807, 2.05) is 42.5 Å². The maximum Gasteiger partial charge on any atom is 0.200 e. The summed E-state index contributed by atoms with van der Waals surface area (Å²) in [5, 5.41) is 10.3. The van der Waals surface area contributed by atoms with Crippen molar-refractivity contribution in [2.45, 2.75) is 18.2 Å². The van der Waals surface area contributed by atoms with Gasteiger partial charge in [-0.2, -0.15) is 5.26 Å². The largest absolute Gasteiger partial charge is 0.458 e. The van der Waals surface area contributed by atoms with Crippen LogP contribution in [0.1, 0.15) is 23.1 Å². The van der Waals surface area contributed by atoms with Crippen LogP contribution in [-0.2, 0) is 4.74 Å². The van der Waals surface area contributed by atoms with Gasteiger partial charge in [0.15, 0.2) is 6.23 Å². The summed E-state index contributed by atoms with van der Waals surface area (Å²) in [6.07, 6.45) is -0.344. The summed E-state index contributed by atoms with van der Waals surface area (Å²) in [4.78, 5) is 0. The van der Waals surface area contributed by atoms with Crippen LogP contribution in [0.2, 0.25) is 5.02 Å². The van der Waals surface area contributed by atoms with E-state index in [0.29, 0.717) is 10.6 Å². The Hall–Kier alpha value is -2.23. The number of allylic oxidation sites excluding steroid dienone is 1. The maximum absolute atomic E-state index is 9.71. The Morgan fingerprint density at radius 1 is 1.04 bits per heavy atom. The summed E-state index contributed by atoms with van der Waals surface area (Å²) in [6, 6.07) is 19.8. The molecule has 4 N–H and O–H groups in total. The van der Waals surface area contributed by atoms with E-state index in [4.69, 9.17) is 22.1 Å². The van der Waals surface area contributed by atoms with Crippen molar-refractivity contribution < 1.29 is 4.74 Å². The summed E-state index contributed by atoms with van der Waals surface area (Å²) < 4.78 is 5.78. The minimum atomic E-state index is -0.344. The van der Waals surface area contributed by atoms with Crippen molar-refractivity contribution >= 4 is 24.0 Å². The van der Waals surface area contributed by atoms with Gasteiger partial charge in [0.25, 0.3) is 0 Å². The van der Waals surface area contributed by atoms with Crippen LogP contribution in [0.25, 0.3) is 0 Å². The van der Waals surface area contributed by atoms with Crippen molar-refractivity contribution in [2.75, 3.05) is 0 Å². The molecular weight excluding hydrogens is 371 g/mol. The molecule has 0 saturated carbocycles. The molecular formula is C19H18Cl2N4O. The molecule has 4 unspecified atom stereocenters. The van der Waals surface area contributed by atoms with Crippen LogP contribution in [-0.4, -0.2) is 6.23 Å². The zero-order chi connectivity index (χ0) is 17.4. The van der Waals surface area contributed by atoms with Gasteiger partial charge in [-0.15, -0.1) is 12.4 Å². The molecule has 0 radical (unpaired) electrons. The Bertz CT molecular complexity index is 865. The fourth-order valence-electron chi connectivity index (χ4n) is 3.74. The highest BCUT2D eigenvalue weighted by atomic mass is 35.5. The van der Waals surface area contributed by atoms with Gasteiger partial charge in [0, 0.05) is 16.9 Å². The smallest absolute Gasteiger partial charge is 0.200 e. The Balaban J connectivity index is 0.00000196. The van der Waals surface area contributed by atoms with Crippen molar-refractivity contribution in [1.82, 2.24) is 10.9 Å². The molecule has 0 amide bonds. The van der Waals surface area contributed by atoms with Crippen LogP contribution < -0.4 is 16.6 Å². The SMILES string of the molecule is Cl.N#CC1=C(N)OC2NNC(c3ccccc3)C2C1c1ccccc1Cl. The number of halogens is 2. The molecule has 2 aromatic rings. The number of hydrogen-bond acceptors (Lipinski definition) is 5. The molecule has 5 nitrogen and oxygen atoms in total. The fraction of sp³-hybridized carbons (Fsp3) is 0.211. The van der Waals surface area contributed by atoms with Crippen LogP contribution in [0.3, 0.4) is 0 Å². The molecule has 0 bridgehead atoms. The number of benzene rings is 2. The summed E-state index contributed by atoms with van der Waals surface area (Å²) in [5.41, 5.74) is 14.9. The second-order valence-corrected chi connectivity index (χ2v) is 6.59. The second-order valence-electron chi connectivity index (χ2n) is 6.18. The number of hydrogen-bond donors (Lipinski definition) is 3. The summed E-state index contributed by atoms with van der Waals surface area (Å²) in [5.74, 6) is -0.175. The first-order chi connectivity index (χ1) is 12.2. The molecule has 4 rings (SSSR count). The first-order valence-electron chi connectivity index (χ1n) is 8.07. The molecule has 2 aliphatic heterocycles. The van der Waals surface area contributed by atoms with E-state index in [1.165, 1.54) is 0 Å². The van der Waals surface area contributed by atoms with Gasteiger partial charge in [-0.25, -0.2) is 10.9 Å². The highest BCUT2D eigenvalue weighted by Gasteiger charge is 2.49. The maximum atomic E-state index is 9.71. The lowest BCUT2D eigenvalue weighted by molar-refractivity contribution is 0.0341. The second kappa shape index (κ2) is 7.56. The minimum absolute atomic E-state index is 0. The van der Waals surface area contributed by atoms with Gasteiger partial charge in [0.1, 0.15) is 6.07 Å². The van der Waals surface area contributed by atoms with Crippen molar-refractivity contribution in [3.8, 4) is 6.07 Å². The number of nitriles is 1. The number of ether oxygens (including phenoxy) is 1. The molecule has 0 aliphatic carbocycles. The molecule has 2 aromatic carbocycles. The molecule has 134 valence electrons. The van der Waals surface area contributed by atoms with Gasteiger partial charge in [0.05, 0.1) is 11.6 Å². The van der Waals surface area contributed by atoms with Crippen LogP contribution >= 0.6 is 24.0 Å². The molecule has 0 spiro atoms. The Morgan fingerprint density at radius 2 is 1.73 bits per heavy atom. The van der Waals surface area contributed by atoms with Gasteiger partial charge in [-0.1, -0.05) is 60.1 Å². The van der Waals surface area contributed by atoms with Crippen molar-refractivity contribution in [3.63, 3.8) is 0 Å². The third-order valence-electron chi connectivity index (χ3n) is 4.85. The topological polar surface area (TPSA) is 83.1 Å². The zero-order valence-electron chi connectivity index (χ0n) is 13.7. The summed E-state index contributed by atoms with van der Waals surface area (Å²) in [7, 11) is 0. The number of hydrazine groups is 1. The average Bonchev–Trinajstić information content (AvgIpc) is 3.05. The van der Waals surface area contributed by atoms with E-state index in [1.54, 1.807) is 0 Å². The van der Waals surface area contributed by atoms with Gasteiger partial charge in [-0.3, -0.25) is 0 Å². The van der Waals surface area contributed by atoms with Crippen molar-refractivity contribution in [1.29, 1.82) is 5.26 Å². The normalized spacial score (nSPS) is 27.1. The Labute approximate surface area is 163 Å². The Morgan fingerprint density at radius 3 is 2.42 bits per heavy atom. The highest BCUT2D eigenvalue weighted by molar-refractivity contribution is 6.31. The molecule has 2 heterocycles. The zero-order valence-corrected chi connectivity index (χ0v) is 15.3. The van der Waals surface area contributed by atoms with Gasteiger partial charge in [0.2, 0.25) is 5.88 Å². The first kappa shape index (κ1) is 18.6. The Kier molecular flexibility index (Phi) is 5.40. The van der Waals surface area contributed by atoms with E-state index < -0.39 is 0 Å². The molecule has 4 atom stereocenters. The lowest BCUT2D eigenvalue weighted by Gasteiger charge is -2.36. The molecule has 1 saturated heterocycles. The van der Waals surface area contributed by atoms with Crippen LogP contribution in [0.15, 0.2) is 66.1 Å². The highest BCUT2D eigenvalue weighted by Crippen LogP contribution is 2.48. The van der Waals surface area contributed by atoms with Gasteiger partial charge < -0.3 is 10.5 Å². The molecule has 26 heavy (non-hydrogen) atoms.